The predicted octanol–water partition coefficient (Wildman–Crippen LogP) is 3.16. The van der Waals surface area contributed by atoms with Crippen LogP contribution in [-0.2, 0) is 41.8 Å². The van der Waals surface area contributed by atoms with E-state index < -0.39 is 12.1 Å². The summed E-state index contributed by atoms with van der Waals surface area (Å²) in [5, 5.41) is 8.04. The first-order valence-electron chi connectivity index (χ1n) is 19.2. The van der Waals surface area contributed by atoms with Crippen LogP contribution in [0, 0.1) is 0 Å². The summed E-state index contributed by atoms with van der Waals surface area (Å²) in [5.41, 5.74) is 5.76. The first-order chi connectivity index (χ1) is 26.1. The maximum absolute atomic E-state index is 12.8. The number of hydrogen-bond acceptors (Lipinski definition) is 10. The number of carbonyl (C=O) groups is 7. The number of halogens is 1. The molecule has 2 aromatic rings. The summed E-state index contributed by atoms with van der Waals surface area (Å²) in [6, 6.07) is 10.9. The Morgan fingerprint density at radius 2 is 1.16 bits per heavy atom. The average Bonchev–Trinajstić information content (AvgIpc) is 3.67. The summed E-state index contributed by atoms with van der Waals surface area (Å²) < 4.78 is 5.03. The van der Waals surface area contributed by atoms with E-state index in [1.807, 2.05) is 25.1 Å². The van der Waals surface area contributed by atoms with Gasteiger partial charge in [-0.15, -0.1) is 12.4 Å². The first kappa shape index (κ1) is 42.5. The van der Waals surface area contributed by atoms with Crippen LogP contribution in [0.2, 0.25) is 0 Å². The lowest BCUT2D eigenvalue weighted by atomic mass is 9.88. The number of imide groups is 2. The zero-order valence-corrected chi connectivity index (χ0v) is 31.9. The molecule has 6 amide bonds. The molecule has 14 nitrogen and oxygen atoms in total. The Morgan fingerprint density at radius 1 is 0.696 bits per heavy atom. The van der Waals surface area contributed by atoms with Crippen LogP contribution in [0.1, 0.15) is 121 Å². The zero-order chi connectivity index (χ0) is 37.9. The number of ether oxygens (including phenoxy) is 1. The third-order valence-corrected chi connectivity index (χ3v) is 11.6. The highest BCUT2D eigenvalue weighted by molar-refractivity contribution is 6.06. The lowest BCUT2D eigenvalue weighted by molar-refractivity contribution is -0.145. The van der Waals surface area contributed by atoms with Crippen molar-refractivity contribution in [2.45, 2.75) is 103 Å². The molecular formula is C41H53ClN6O8. The Labute approximate surface area is 333 Å². The van der Waals surface area contributed by atoms with Crippen molar-refractivity contribution in [3.63, 3.8) is 0 Å². The SMILES string of the molecule is C.CCOC(=O)CN1CCC(c2ccc3c(c2)CN(C2CCC(=O)NC2=O)C3=O)CC1.Cl.O=C1CCC(N2Cc3cc(C4CCNCC4)ccc3C2=O)C(=O)N1. The van der Waals surface area contributed by atoms with Crippen molar-refractivity contribution < 1.29 is 38.3 Å². The van der Waals surface area contributed by atoms with E-state index in [-0.39, 0.29) is 74.1 Å². The second-order valence-electron chi connectivity index (χ2n) is 15.0. The van der Waals surface area contributed by atoms with Crippen LogP contribution in [0.5, 0.6) is 0 Å². The van der Waals surface area contributed by atoms with E-state index in [0.717, 1.165) is 63.0 Å². The molecule has 0 bridgehead atoms. The Kier molecular flexibility index (Phi) is 14.1. The van der Waals surface area contributed by atoms with Crippen LogP contribution in [0.3, 0.4) is 0 Å². The van der Waals surface area contributed by atoms with E-state index in [4.69, 9.17) is 4.74 Å². The van der Waals surface area contributed by atoms with Gasteiger partial charge in [-0.05, 0) is 118 Å². The number of carbonyl (C=O) groups excluding carboxylic acids is 7. The third kappa shape index (κ3) is 9.14. The van der Waals surface area contributed by atoms with E-state index in [2.05, 4.69) is 39.0 Å². The standard InChI is InChI=1S/C22H27N3O5.C18H21N3O3.CH4.ClH/c1-2-30-20(27)13-24-9-7-14(8-10-24)15-3-4-17-16(11-15)12-25(22(17)29)18-5-6-19(26)23-21(18)28;22-16-4-3-15(17(23)20-16)21-10-13-9-12(1-2-14(13)18(21)24)11-5-7-19-8-6-11;;/h3-4,11,14,18H,2,5-10,12-13H2,1H3,(H,23,26,28);1-2,9,11,15,19H,3-8,10H2,(H,20,22,23);1H4;1H. The minimum atomic E-state index is -0.586. The summed E-state index contributed by atoms with van der Waals surface area (Å²) in [6.45, 7) is 7.13. The number of likely N-dealkylation sites (tertiary alicyclic amines) is 1. The van der Waals surface area contributed by atoms with Gasteiger partial charge < -0.3 is 19.9 Å². The molecule has 2 unspecified atom stereocenters. The highest BCUT2D eigenvalue weighted by Crippen LogP contribution is 2.35. The Balaban J connectivity index is 0.000000211. The van der Waals surface area contributed by atoms with Crippen molar-refractivity contribution in [3.05, 3.63) is 69.8 Å². The molecule has 3 N–H and O–H groups in total. The fourth-order valence-electron chi connectivity index (χ4n) is 8.67. The summed E-state index contributed by atoms with van der Waals surface area (Å²) in [5.74, 6) is -0.782. The number of nitrogens with zero attached hydrogens (tertiary/aromatic N) is 3. The number of amides is 6. The van der Waals surface area contributed by atoms with Gasteiger partial charge in [-0.3, -0.25) is 49.1 Å². The van der Waals surface area contributed by atoms with Crippen molar-refractivity contribution in [1.82, 2.24) is 30.7 Å². The second-order valence-corrected chi connectivity index (χ2v) is 15.0. The van der Waals surface area contributed by atoms with Gasteiger partial charge in [0.05, 0.1) is 13.2 Å². The minimum Gasteiger partial charge on any atom is -0.465 e. The number of rotatable bonds is 7. The Morgan fingerprint density at radius 3 is 1.61 bits per heavy atom. The van der Waals surface area contributed by atoms with E-state index in [0.29, 0.717) is 62.0 Å². The number of hydrogen-bond donors (Lipinski definition) is 3. The van der Waals surface area contributed by atoms with E-state index in [1.54, 1.807) is 9.80 Å². The third-order valence-electron chi connectivity index (χ3n) is 11.6. The topological polar surface area (TPSA) is 175 Å². The number of nitrogens with one attached hydrogen (secondary N) is 3. The molecule has 302 valence electrons. The maximum Gasteiger partial charge on any atom is 0.320 e. The molecular weight excluding hydrogens is 740 g/mol. The summed E-state index contributed by atoms with van der Waals surface area (Å²) in [7, 11) is 0. The van der Waals surface area contributed by atoms with Gasteiger partial charge >= 0.3 is 5.97 Å². The number of piperidine rings is 4. The van der Waals surface area contributed by atoms with Gasteiger partial charge in [0.2, 0.25) is 23.6 Å². The maximum atomic E-state index is 12.8. The molecule has 0 saturated carbocycles. The van der Waals surface area contributed by atoms with Crippen molar-refractivity contribution in [1.29, 1.82) is 0 Å². The fourth-order valence-corrected chi connectivity index (χ4v) is 8.67. The first-order valence-corrected chi connectivity index (χ1v) is 19.2. The largest absolute Gasteiger partial charge is 0.465 e. The molecule has 0 aliphatic carbocycles. The van der Waals surface area contributed by atoms with Gasteiger partial charge in [-0.25, -0.2) is 0 Å². The Hall–Kier alpha value is -4.66. The van der Waals surface area contributed by atoms with Crippen LogP contribution in [-0.4, -0.2) is 108 Å². The molecule has 6 aliphatic heterocycles. The molecule has 8 rings (SSSR count). The lowest BCUT2D eigenvalue weighted by Gasteiger charge is -2.31. The van der Waals surface area contributed by atoms with Crippen molar-refractivity contribution in [2.24, 2.45) is 0 Å². The minimum absolute atomic E-state index is 0. The van der Waals surface area contributed by atoms with Crippen molar-refractivity contribution >= 4 is 53.8 Å². The smallest absolute Gasteiger partial charge is 0.320 e. The van der Waals surface area contributed by atoms with E-state index in [9.17, 15) is 33.6 Å². The normalized spacial score (nSPS) is 22.9. The van der Waals surface area contributed by atoms with Crippen LogP contribution < -0.4 is 16.0 Å². The molecule has 6 aliphatic rings. The number of fused-ring (bicyclic) bond motifs is 2. The van der Waals surface area contributed by atoms with E-state index in [1.165, 1.54) is 11.1 Å². The number of esters is 1. The zero-order valence-electron chi connectivity index (χ0n) is 31.1. The van der Waals surface area contributed by atoms with Crippen molar-refractivity contribution in [3.8, 4) is 0 Å². The molecule has 4 saturated heterocycles. The molecule has 4 fully saturated rings. The molecule has 2 atom stereocenters. The van der Waals surface area contributed by atoms with Crippen molar-refractivity contribution in [2.75, 3.05) is 39.3 Å². The van der Waals surface area contributed by atoms with Gasteiger partial charge in [0.15, 0.2) is 0 Å². The van der Waals surface area contributed by atoms with Crippen LogP contribution in [0.25, 0.3) is 0 Å². The highest BCUT2D eigenvalue weighted by Gasteiger charge is 2.41. The molecule has 56 heavy (non-hydrogen) atoms. The summed E-state index contributed by atoms with van der Waals surface area (Å²) >= 11 is 0. The van der Waals surface area contributed by atoms with Crippen LogP contribution in [0.4, 0.5) is 0 Å². The van der Waals surface area contributed by atoms with Gasteiger partial charge in [-0.2, -0.15) is 0 Å². The number of benzene rings is 2. The fraction of sp³-hybridized carbons (Fsp3) is 0.537. The molecule has 15 heteroatoms. The summed E-state index contributed by atoms with van der Waals surface area (Å²) in [4.78, 5) is 89.4. The quantitative estimate of drug-likeness (QED) is 0.279. The molecule has 0 radical (unpaired) electrons. The van der Waals surface area contributed by atoms with Gasteiger partial charge in [0, 0.05) is 37.1 Å². The van der Waals surface area contributed by atoms with Crippen LogP contribution in [0.15, 0.2) is 36.4 Å². The molecule has 0 aromatic heterocycles. The highest BCUT2D eigenvalue weighted by atomic mass is 35.5. The molecule has 0 spiro atoms. The molecule has 2 aromatic carbocycles. The second kappa shape index (κ2) is 18.5. The van der Waals surface area contributed by atoms with Gasteiger partial charge in [0.1, 0.15) is 12.1 Å². The Bertz CT molecular complexity index is 1860. The predicted molar refractivity (Wildman–Crippen MR) is 209 cm³/mol. The van der Waals surface area contributed by atoms with E-state index >= 15 is 0 Å². The molecule has 6 heterocycles. The lowest BCUT2D eigenvalue weighted by Crippen LogP contribution is -2.52. The average molecular weight is 793 g/mol. The van der Waals surface area contributed by atoms with Crippen LogP contribution >= 0.6 is 12.4 Å². The van der Waals surface area contributed by atoms with Gasteiger partial charge in [-0.1, -0.05) is 31.7 Å². The monoisotopic (exact) mass is 792 g/mol. The van der Waals surface area contributed by atoms with Gasteiger partial charge in [0.25, 0.3) is 11.8 Å². The summed E-state index contributed by atoms with van der Waals surface area (Å²) in [6.07, 6.45) is 5.45.